The van der Waals surface area contributed by atoms with Crippen LogP contribution in [0.25, 0.3) is 10.4 Å². The fourth-order valence-electron chi connectivity index (χ4n) is 2.07. The Morgan fingerprint density at radius 2 is 2.11 bits per heavy atom. The summed E-state index contributed by atoms with van der Waals surface area (Å²) in [4.78, 5) is 25.0. The minimum atomic E-state index is -1.11. The van der Waals surface area contributed by atoms with E-state index in [1.807, 2.05) is 0 Å². The number of carbonyl (C=O) groups is 2. The van der Waals surface area contributed by atoms with Crippen LogP contribution in [-0.4, -0.2) is 42.4 Å². The second kappa shape index (κ2) is 6.23. The number of esters is 2. The third-order valence-electron chi connectivity index (χ3n) is 2.87. The second-order valence-electron chi connectivity index (χ2n) is 4.10. The van der Waals surface area contributed by atoms with Crippen molar-refractivity contribution in [1.29, 1.82) is 0 Å². The summed E-state index contributed by atoms with van der Waals surface area (Å²) in [5, 5.41) is 13.3. The molecule has 0 heterocycles. The maximum absolute atomic E-state index is 11.5. The van der Waals surface area contributed by atoms with Crippen molar-refractivity contribution in [2.45, 2.75) is 38.0 Å². The molecule has 0 aromatic rings. The summed E-state index contributed by atoms with van der Waals surface area (Å²) >= 11 is 0. The van der Waals surface area contributed by atoms with Gasteiger partial charge in [0.25, 0.3) is 0 Å². The molecule has 4 atom stereocenters. The van der Waals surface area contributed by atoms with E-state index in [0.717, 1.165) is 0 Å². The SMILES string of the molecule is COC(=O)[C@H]1C[C@H](N=[N+]=[N-])[C@@H](O)[C@H](OC(C)=O)C1. The summed E-state index contributed by atoms with van der Waals surface area (Å²) < 4.78 is 9.53. The molecule has 0 unspecified atom stereocenters. The lowest BCUT2D eigenvalue weighted by atomic mass is 9.82. The first-order valence-electron chi connectivity index (χ1n) is 5.47. The molecule has 8 heteroatoms. The Morgan fingerprint density at radius 1 is 1.44 bits per heavy atom. The molecule has 0 amide bonds. The predicted octanol–water partition coefficient (Wildman–Crippen LogP) is 0.541. The highest BCUT2D eigenvalue weighted by molar-refractivity contribution is 5.73. The standard InChI is InChI=1S/C10H15N3O5/c1-5(14)18-8-4-6(10(16)17-2)3-7(9(8)15)12-13-11/h6-9,15H,3-4H2,1-2H3/t6-,7-,8+,9+/m0/s1. The van der Waals surface area contributed by atoms with E-state index in [1.54, 1.807) is 0 Å². The highest BCUT2D eigenvalue weighted by Crippen LogP contribution is 2.30. The zero-order chi connectivity index (χ0) is 13.7. The van der Waals surface area contributed by atoms with E-state index < -0.39 is 36.1 Å². The molecule has 1 N–H and O–H groups in total. The van der Waals surface area contributed by atoms with Crippen LogP contribution in [-0.2, 0) is 19.1 Å². The largest absolute Gasteiger partial charge is 0.469 e. The molecular formula is C10H15N3O5. The summed E-state index contributed by atoms with van der Waals surface area (Å²) in [5.74, 6) is -1.60. The van der Waals surface area contributed by atoms with Crippen molar-refractivity contribution in [3.05, 3.63) is 10.4 Å². The van der Waals surface area contributed by atoms with Gasteiger partial charge in [0, 0.05) is 18.3 Å². The lowest BCUT2D eigenvalue weighted by Gasteiger charge is -2.35. The first kappa shape index (κ1) is 14.3. The highest BCUT2D eigenvalue weighted by atomic mass is 16.6. The van der Waals surface area contributed by atoms with Gasteiger partial charge in [0.1, 0.15) is 6.10 Å². The molecular weight excluding hydrogens is 242 g/mol. The molecule has 0 radical (unpaired) electrons. The third-order valence-corrected chi connectivity index (χ3v) is 2.87. The Hall–Kier alpha value is -1.79. The number of hydrogen-bond acceptors (Lipinski definition) is 6. The first-order chi connectivity index (χ1) is 8.49. The number of aliphatic hydroxyl groups excluding tert-OH is 1. The van der Waals surface area contributed by atoms with Crippen molar-refractivity contribution in [1.82, 2.24) is 0 Å². The van der Waals surface area contributed by atoms with Crippen LogP contribution in [0, 0.1) is 5.92 Å². The van der Waals surface area contributed by atoms with Crippen molar-refractivity contribution in [2.75, 3.05) is 7.11 Å². The molecule has 0 aromatic heterocycles. The van der Waals surface area contributed by atoms with Gasteiger partial charge in [-0.2, -0.15) is 0 Å². The Morgan fingerprint density at radius 3 is 2.61 bits per heavy atom. The number of rotatable bonds is 3. The van der Waals surface area contributed by atoms with E-state index in [0.29, 0.717) is 0 Å². The summed E-state index contributed by atoms with van der Waals surface area (Å²) in [6.45, 7) is 1.21. The molecule has 1 aliphatic rings. The maximum atomic E-state index is 11.5. The van der Waals surface area contributed by atoms with Crippen molar-refractivity contribution < 1.29 is 24.2 Å². The monoisotopic (exact) mass is 257 g/mol. The number of aliphatic hydroxyl groups is 1. The third kappa shape index (κ3) is 3.35. The summed E-state index contributed by atoms with van der Waals surface area (Å²) in [6, 6.07) is -0.808. The maximum Gasteiger partial charge on any atom is 0.308 e. The van der Waals surface area contributed by atoms with E-state index >= 15 is 0 Å². The Balaban J connectivity index is 2.86. The number of carbonyl (C=O) groups excluding carboxylic acids is 2. The minimum Gasteiger partial charge on any atom is -0.469 e. The predicted molar refractivity (Wildman–Crippen MR) is 59.2 cm³/mol. The average Bonchev–Trinajstić information content (AvgIpc) is 2.32. The van der Waals surface area contributed by atoms with Crippen LogP contribution < -0.4 is 0 Å². The van der Waals surface area contributed by atoms with E-state index in [9.17, 15) is 14.7 Å². The number of azide groups is 1. The molecule has 0 spiro atoms. The highest BCUT2D eigenvalue weighted by Gasteiger charge is 2.41. The quantitative estimate of drug-likeness (QED) is 0.342. The van der Waals surface area contributed by atoms with Crippen LogP contribution >= 0.6 is 0 Å². The molecule has 0 aliphatic heterocycles. The van der Waals surface area contributed by atoms with Gasteiger partial charge in [0.15, 0.2) is 0 Å². The van der Waals surface area contributed by atoms with Gasteiger partial charge in [-0.25, -0.2) is 0 Å². The molecule has 18 heavy (non-hydrogen) atoms. The summed E-state index contributed by atoms with van der Waals surface area (Å²) in [7, 11) is 1.25. The van der Waals surface area contributed by atoms with Crippen LogP contribution in [0.1, 0.15) is 19.8 Å². The lowest BCUT2D eigenvalue weighted by molar-refractivity contribution is -0.164. The van der Waals surface area contributed by atoms with Crippen LogP contribution in [0.5, 0.6) is 0 Å². The van der Waals surface area contributed by atoms with E-state index in [1.165, 1.54) is 14.0 Å². The molecule has 0 aromatic carbocycles. The molecule has 1 fully saturated rings. The van der Waals surface area contributed by atoms with E-state index in [2.05, 4.69) is 14.8 Å². The molecule has 1 saturated carbocycles. The molecule has 0 saturated heterocycles. The zero-order valence-corrected chi connectivity index (χ0v) is 10.1. The molecule has 0 bridgehead atoms. The van der Waals surface area contributed by atoms with Gasteiger partial charge in [0.05, 0.1) is 25.2 Å². The van der Waals surface area contributed by atoms with Crippen LogP contribution in [0.15, 0.2) is 5.11 Å². The first-order valence-corrected chi connectivity index (χ1v) is 5.47. The van der Waals surface area contributed by atoms with Crippen molar-refractivity contribution in [3.8, 4) is 0 Å². The Kier molecular flexibility index (Phi) is 4.94. The van der Waals surface area contributed by atoms with Crippen molar-refractivity contribution in [3.63, 3.8) is 0 Å². The van der Waals surface area contributed by atoms with Gasteiger partial charge in [-0.15, -0.1) is 0 Å². The lowest BCUT2D eigenvalue weighted by Crippen LogP contribution is -2.47. The van der Waals surface area contributed by atoms with Crippen LogP contribution in [0.4, 0.5) is 0 Å². The smallest absolute Gasteiger partial charge is 0.308 e. The average molecular weight is 257 g/mol. The molecule has 8 nitrogen and oxygen atoms in total. The molecule has 1 aliphatic carbocycles. The van der Waals surface area contributed by atoms with E-state index in [4.69, 9.17) is 10.3 Å². The number of nitrogens with zero attached hydrogens (tertiary/aromatic N) is 3. The van der Waals surface area contributed by atoms with Crippen LogP contribution in [0.3, 0.4) is 0 Å². The van der Waals surface area contributed by atoms with Gasteiger partial charge >= 0.3 is 11.9 Å². The van der Waals surface area contributed by atoms with Gasteiger partial charge in [-0.1, -0.05) is 5.11 Å². The summed E-state index contributed by atoms with van der Waals surface area (Å²) in [5.41, 5.74) is 8.41. The topological polar surface area (TPSA) is 122 Å². The van der Waals surface area contributed by atoms with Gasteiger partial charge in [-0.3, -0.25) is 9.59 Å². The zero-order valence-electron chi connectivity index (χ0n) is 10.1. The summed E-state index contributed by atoms with van der Waals surface area (Å²) in [6.07, 6.45) is -1.64. The minimum absolute atomic E-state index is 0.158. The Labute approximate surface area is 103 Å². The van der Waals surface area contributed by atoms with E-state index in [-0.39, 0.29) is 12.8 Å². The second-order valence-corrected chi connectivity index (χ2v) is 4.10. The fourth-order valence-corrected chi connectivity index (χ4v) is 2.07. The number of ether oxygens (including phenoxy) is 2. The fraction of sp³-hybridized carbons (Fsp3) is 0.800. The molecule has 1 rings (SSSR count). The Bertz CT molecular complexity index is 380. The van der Waals surface area contributed by atoms with Crippen molar-refractivity contribution >= 4 is 11.9 Å². The number of methoxy groups -OCH3 is 1. The van der Waals surface area contributed by atoms with Gasteiger partial charge < -0.3 is 14.6 Å². The normalized spacial score (nSPS) is 31.1. The van der Waals surface area contributed by atoms with Gasteiger partial charge in [0.2, 0.25) is 0 Å². The van der Waals surface area contributed by atoms with Crippen LogP contribution in [0.2, 0.25) is 0 Å². The van der Waals surface area contributed by atoms with Gasteiger partial charge in [-0.05, 0) is 12.0 Å². The molecule has 100 valence electrons. The van der Waals surface area contributed by atoms with Crippen molar-refractivity contribution in [2.24, 2.45) is 11.0 Å². The number of hydrogen-bond donors (Lipinski definition) is 1.